The van der Waals surface area contributed by atoms with E-state index in [1.807, 2.05) is 6.07 Å². The first-order valence-corrected chi connectivity index (χ1v) is 5.32. The van der Waals surface area contributed by atoms with Crippen molar-refractivity contribution in [3.05, 3.63) is 28.8 Å². The lowest BCUT2D eigenvalue weighted by molar-refractivity contribution is -0.137. The monoisotopic (exact) mass is 267 g/mol. The quantitative estimate of drug-likeness (QED) is 0.733. The first-order chi connectivity index (χ1) is 8.52. The number of carbonyl (C=O) groups excluding carboxylic acids is 1. The number of hydrogen-bond donors (Lipinski definition) is 3. The molecule has 0 saturated carbocycles. The van der Waals surface area contributed by atoms with Gasteiger partial charge >= 0.3 is 5.97 Å². The molecule has 1 aromatic rings. The third-order valence-electron chi connectivity index (χ3n) is 1.97. The highest BCUT2D eigenvalue weighted by atomic mass is 35.5. The number of amides is 1. The molecule has 0 saturated heterocycles. The van der Waals surface area contributed by atoms with Gasteiger partial charge < -0.3 is 15.7 Å². The van der Waals surface area contributed by atoms with Crippen LogP contribution >= 0.6 is 11.6 Å². The second-order valence-corrected chi connectivity index (χ2v) is 3.74. The molecule has 1 aromatic carbocycles. The summed E-state index contributed by atoms with van der Waals surface area (Å²) in [6, 6.07) is 6.54. The van der Waals surface area contributed by atoms with Crippen LogP contribution in [-0.4, -0.2) is 30.1 Å². The summed E-state index contributed by atoms with van der Waals surface area (Å²) in [6.45, 7) is -0.527. The van der Waals surface area contributed by atoms with Gasteiger partial charge in [0.15, 0.2) is 0 Å². The van der Waals surface area contributed by atoms with Crippen molar-refractivity contribution in [1.82, 2.24) is 5.32 Å². The maximum absolute atomic E-state index is 11.2. The summed E-state index contributed by atoms with van der Waals surface area (Å²) >= 11 is 5.88. The standard InChI is InChI=1S/C11H10ClN3O3/c12-8-3-7(4-13)1-2-9(8)14-5-10(16)15-6-11(17)18/h1-3,14H,5-6H2,(H,15,16)(H,17,18). The Morgan fingerprint density at radius 2 is 2.11 bits per heavy atom. The van der Waals surface area contributed by atoms with Crippen molar-refractivity contribution in [3.63, 3.8) is 0 Å². The summed E-state index contributed by atoms with van der Waals surface area (Å²) in [5.74, 6) is -1.57. The number of aliphatic carboxylic acids is 1. The molecule has 0 heterocycles. The highest BCUT2D eigenvalue weighted by Gasteiger charge is 2.06. The fourth-order valence-electron chi connectivity index (χ4n) is 1.14. The van der Waals surface area contributed by atoms with Gasteiger partial charge in [0.1, 0.15) is 6.54 Å². The molecular weight excluding hydrogens is 258 g/mol. The van der Waals surface area contributed by atoms with E-state index in [4.69, 9.17) is 22.0 Å². The topological polar surface area (TPSA) is 102 Å². The minimum atomic E-state index is -1.11. The van der Waals surface area contributed by atoms with Crippen molar-refractivity contribution < 1.29 is 14.7 Å². The van der Waals surface area contributed by atoms with Gasteiger partial charge in [-0.1, -0.05) is 11.6 Å². The molecule has 0 fully saturated rings. The third-order valence-corrected chi connectivity index (χ3v) is 2.29. The van der Waals surface area contributed by atoms with Gasteiger partial charge in [-0.25, -0.2) is 0 Å². The van der Waals surface area contributed by atoms with Crippen molar-refractivity contribution >= 4 is 29.2 Å². The Kier molecular flexibility index (Phi) is 4.96. The number of benzene rings is 1. The molecule has 3 N–H and O–H groups in total. The van der Waals surface area contributed by atoms with Crippen molar-refractivity contribution in [2.45, 2.75) is 0 Å². The molecule has 0 unspecified atom stereocenters. The zero-order valence-electron chi connectivity index (χ0n) is 9.24. The predicted octanol–water partition coefficient (Wildman–Crippen LogP) is 0.824. The minimum absolute atomic E-state index is 0.0983. The van der Waals surface area contributed by atoms with Crippen LogP contribution in [0.25, 0.3) is 0 Å². The van der Waals surface area contributed by atoms with E-state index < -0.39 is 18.4 Å². The largest absolute Gasteiger partial charge is 0.480 e. The lowest BCUT2D eigenvalue weighted by Crippen LogP contribution is -2.33. The van der Waals surface area contributed by atoms with Gasteiger partial charge in [0.25, 0.3) is 0 Å². The zero-order valence-corrected chi connectivity index (χ0v) is 9.99. The number of halogens is 1. The molecule has 18 heavy (non-hydrogen) atoms. The van der Waals surface area contributed by atoms with Crippen molar-refractivity contribution in [1.29, 1.82) is 5.26 Å². The van der Waals surface area contributed by atoms with Gasteiger partial charge in [0.05, 0.1) is 28.9 Å². The number of nitriles is 1. The van der Waals surface area contributed by atoms with Gasteiger partial charge in [-0.3, -0.25) is 9.59 Å². The van der Waals surface area contributed by atoms with E-state index in [9.17, 15) is 9.59 Å². The van der Waals surface area contributed by atoms with E-state index in [2.05, 4.69) is 10.6 Å². The van der Waals surface area contributed by atoms with E-state index >= 15 is 0 Å². The molecule has 0 aliphatic heterocycles. The highest BCUT2D eigenvalue weighted by Crippen LogP contribution is 2.22. The number of hydrogen-bond acceptors (Lipinski definition) is 4. The Hall–Kier alpha value is -2.26. The van der Waals surface area contributed by atoms with Crippen LogP contribution in [0.3, 0.4) is 0 Å². The molecule has 1 rings (SSSR count). The smallest absolute Gasteiger partial charge is 0.322 e. The van der Waals surface area contributed by atoms with E-state index in [-0.39, 0.29) is 6.54 Å². The lowest BCUT2D eigenvalue weighted by atomic mass is 10.2. The second-order valence-electron chi connectivity index (χ2n) is 3.33. The summed E-state index contributed by atoms with van der Waals surface area (Å²) in [5, 5.41) is 22.3. The molecule has 0 aliphatic rings. The summed E-state index contributed by atoms with van der Waals surface area (Å²) in [5.41, 5.74) is 0.919. The van der Waals surface area contributed by atoms with Gasteiger partial charge in [-0.2, -0.15) is 5.26 Å². The predicted molar refractivity (Wildman–Crippen MR) is 65.3 cm³/mol. The molecule has 7 heteroatoms. The average molecular weight is 268 g/mol. The van der Waals surface area contributed by atoms with Crippen LogP contribution in [0.4, 0.5) is 5.69 Å². The number of carbonyl (C=O) groups is 2. The van der Waals surface area contributed by atoms with Crippen LogP contribution in [-0.2, 0) is 9.59 Å². The van der Waals surface area contributed by atoms with Crippen LogP contribution in [0.2, 0.25) is 5.02 Å². The molecular formula is C11H10ClN3O3. The Morgan fingerprint density at radius 1 is 1.39 bits per heavy atom. The molecule has 0 aliphatic carbocycles. The van der Waals surface area contributed by atoms with Crippen LogP contribution in [0.15, 0.2) is 18.2 Å². The lowest BCUT2D eigenvalue weighted by Gasteiger charge is -2.08. The summed E-state index contributed by atoms with van der Waals surface area (Å²) in [6.07, 6.45) is 0. The molecule has 1 amide bonds. The second kappa shape index (κ2) is 6.47. The zero-order chi connectivity index (χ0) is 13.5. The van der Waals surface area contributed by atoms with E-state index in [1.54, 1.807) is 12.1 Å². The summed E-state index contributed by atoms with van der Waals surface area (Å²) in [4.78, 5) is 21.4. The Labute approximate surface area is 108 Å². The molecule has 0 radical (unpaired) electrons. The van der Waals surface area contributed by atoms with Crippen molar-refractivity contribution in [2.75, 3.05) is 18.4 Å². The van der Waals surface area contributed by atoms with E-state index in [0.717, 1.165) is 0 Å². The number of carboxylic acids is 1. The summed E-state index contributed by atoms with van der Waals surface area (Å²) in [7, 11) is 0. The first kappa shape index (κ1) is 13.8. The third kappa shape index (κ3) is 4.31. The molecule has 0 atom stereocenters. The fourth-order valence-corrected chi connectivity index (χ4v) is 1.39. The molecule has 0 aromatic heterocycles. The van der Waals surface area contributed by atoms with Crippen molar-refractivity contribution in [3.8, 4) is 6.07 Å². The normalized spacial score (nSPS) is 9.33. The van der Waals surface area contributed by atoms with Crippen molar-refractivity contribution in [2.24, 2.45) is 0 Å². The molecule has 94 valence electrons. The number of carboxylic acid groups (broad SMARTS) is 1. The number of nitrogens with zero attached hydrogens (tertiary/aromatic N) is 1. The first-order valence-electron chi connectivity index (χ1n) is 4.95. The molecule has 0 spiro atoms. The Morgan fingerprint density at radius 3 is 2.67 bits per heavy atom. The Bertz CT molecular complexity index is 511. The highest BCUT2D eigenvalue weighted by molar-refractivity contribution is 6.33. The van der Waals surface area contributed by atoms with Gasteiger partial charge in [0, 0.05) is 0 Å². The number of anilines is 1. The van der Waals surface area contributed by atoms with Gasteiger partial charge in [0.2, 0.25) is 5.91 Å². The average Bonchev–Trinajstić information content (AvgIpc) is 2.34. The number of rotatable bonds is 5. The summed E-state index contributed by atoms with van der Waals surface area (Å²) < 4.78 is 0. The molecule has 6 nitrogen and oxygen atoms in total. The number of nitrogens with one attached hydrogen (secondary N) is 2. The maximum atomic E-state index is 11.2. The maximum Gasteiger partial charge on any atom is 0.322 e. The molecule has 0 bridgehead atoms. The van der Waals surface area contributed by atoms with E-state index in [0.29, 0.717) is 16.3 Å². The van der Waals surface area contributed by atoms with Crippen LogP contribution in [0.1, 0.15) is 5.56 Å². The van der Waals surface area contributed by atoms with Crippen LogP contribution in [0.5, 0.6) is 0 Å². The van der Waals surface area contributed by atoms with Crippen LogP contribution in [0, 0.1) is 11.3 Å². The Balaban J connectivity index is 2.51. The van der Waals surface area contributed by atoms with Crippen LogP contribution < -0.4 is 10.6 Å². The fraction of sp³-hybridized carbons (Fsp3) is 0.182. The minimum Gasteiger partial charge on any atom is -0.480 e. The van der Waals surface area contributed by atoms with E-state index in [1.165, 1.54) is 6.07 Å². The van der Waals surface area contributed by atoms with Gasteiger partial charge in [-0.15, -0.1) is 0 Å². The SMILES string of the molecule is N#Cc1ccc(NCC(=O)NCC(=O)O)c(Cl)c1. The van der Waals surface area contributed by atoms with Gasteiger partial charge in [-0.05, 0) is 18.2 Å².